The van der Waals surface area contributed by atoms with Gasteiger partial charge in [-0.3, -0.25) is 0 Å². The van der Waals surface area contributed by atoms with Gasteiger partial charge in [-0.15, -0.1) is 0 Å². The van der Waals surface area contributed by atoms with Crippen LogP contribution in [0.4, 0.5) is 0 Å². The van der Waals surface area contributed by atoms with Gasteiger partial charge in [0.05, 0.1) is 8.07 Å². The Morgan fingerprint density at radius 3 is 1.83 bits per heavy atom. The lowest BCUT2D eigenvalue weighted by molar-refractivity contribution is 0.272. The fourth-order valence-corrected chi connectivity index (χ4v) is 15.2. The van der Waals surface area contributed by atoms with E-state index in [1.54, 1.807) is 19.3 Å². The van der Waals surface area contributed by atoms with Crippen LogP contribution in [-0.2, 0) is 0 Å². The van der Waals surface area contributed by atoms with E-state index in [1.807, 2.05) is 0 Å². The van der Waals surface area contributed by atoms with Crippen molar-refractivity contribution in [3.05, 3.63) is 0 Å². The fourth-order valence-electron chi connectivity index (χ4n) is 8.27. The van der Waals surface area contributed by atoms with Crippen LogP contribution in [0.1, 0.15) is 73.6 Å². The van der Waals surface area contributed by atoms with Crippen molar-refractivity contribution in [2.45, 2.75) is 97.8 Å². The standard InChI is InChI=1S/C23H44Si/c1-14(2)21-13-19-11-9-10-12-20(19)23(21)24(7,8)22-17(5)15(3)16(4)18(22)6/h14-23H,9-13H2,1-8H3. The van der Waals surface area contributed by atoms with Crippen LogP contribution < -0.4 is 0 Å². The molecule has 0 N–H and O–H groups in total. The average molecular weight is 349 g/mol. The highest BCUT2D eigenvalue weighted by molar-refractivity contribution is 6.80. The van der Waals surface area contributed by atoms with Crippen molar-refractivity contribution in [3.63, 3.8) is 0 Å². The molecule has 3 saturated carbocycles. The summed E-state index contributed by atoms with van der Waals surface area (Å²) in [4.78, 5) is 0. The highest BCUT2D eigenvalue weighted by Crippen LogP contribution is 2.64. The third kappa shape index (κ3) is 2.85. The maximum atomic E-state index is 2.83. The van der Waals surface area contributed by atoms with E-state index in [9.17, 15) is 0 Å². The Labute approximate surface area is 153 Å². The lowest BCUT2D eigenvalue weighted by atomic mass is 9.82. The molecule has 0 spiro atoms. The Morgan fingerprint density at radius 1 is 0.750 bits per heavy atom. The van der Waals surface area contributed by atoms with Gasteiger partial charge in [-0.2, -0.15) is 0 Å². The SMILES string of the molecule is CC(C)C1CC2CCCCC2C1[Si](C)(C)C1C(C)C(C)C(C)C1C. The van der Waals surface area contributed by atoms with E-state index in [2.05, 4.69) is 54.6 Å². The zero-order valence-electron chi connectivity index (χ0n) is 17.8. The van der Waals surface area contributed by atoms with E-state index in [4.69, 9.17) is 0 Å². The van der Waals surface area contributed by atoms with Crippen LogP contribution in [0.5, 0.6) is 0 Å². The van der Waals surface area contributed by atoms with Gasteiger partial charge in [-0.25, -0.2) is 0 Å². The van der Waals surface area contributed by atoms with Crippen LogP contribution in [0.2, 0.25) is 24.2 Å². The van der Waals surface area contributed by atoms with Crippen molar-refractivity contribution in [2.24, 2.45) is 47.3 Å². The molecule has 8 unspecified atom stereocenters. The Hall–Kier alpha value is 0.217. The second-order valence-corrected chi connectivity index (χ2v) is 16.1. The molecule has 0 aromatic rings. The number of rotatable bonds is 3. The molecule has 0 aromatic carbocycles. The van der Waals surface area contributed by atoms with Gasteiger partial charge < -0.3 is 0 Å². The van der Waals surface area contributed by atoms with Crippen molar-refractivity contribution in [2.75, 3.05) is 0 Å². The van der Waals surface area contributed by atoms with Crippen LogP contribution in [0.25, 0.3) is 0 Å². The summed E-state index contributed by atoms with van der Waals surface area (Å²) in [5.74, 6) is 7.87. The summed E-state index contributed by atoms with van der Waals surface area (Å²) in [7, 11) is -1.28. The molecular formula is C23H44Si. The molecule has 0 saturated heterocycles. The zero-order valence-corrected chi connectivity index (χ0v) is 18.8. The van der Waals surface area contributed by atoms with Crippen LogP contribution in [0, 0.1) is 47.3 Å². The van der Waals surface area contributed by atoms with E-state index in [0.717, 1.165) is 58.4 Å². The smallest absolute Gasteiger partial charge is 0.0547 e. The highest BCUT2D eigenvalue weighted by Gasteiger charge is 2.58. The largest absolute Gasteiger partial charge is 0.0689 e. The van der Waals surface area contributed by atoms with E-state index in [1.165, 1.54) is 12.8 Å². The molecule has 140 valence electrons. The van der Waals surface area contributed by atoms with E-state index in [-0.39, 0.29) is 0 Å². The topological polar surface area (TPSA) is 0 Å². The molecule has 3 fully saturated rings. The van der Waals surface area contributed by atoms with Gasteiger partial charge >= 0.3 is 0 Å². The van der Waals surface area contributed by atoms with Crippen LogP contribution >= 0.6 is 0 Å². The Kier molecular flexibility index (Phi) is 5.34. The highest BCUT2D eigenvalue weighted by atomic mass is 28.3. The summed E-state index contributed by atoms with van der Waals surface area (Å²) in [6.07, 6.45) is 7.73. The predicted molar refractivity (Wildman–Crippen MR) is 110 cm³/mol. The van der Waals surface area contributed by atoms with E-state index >= 15 is 0 Å². The van der Waals surface area contributed by atoms with Crippen molar-refractivity contribution in [1.82, 2.24) is 0 Å². The van der Waals surface area contributed by atoms with Crippen molar-refractivity contribution >= 4 is 8.07 Å². The molecular weight excluding hydrogens is 304 g/mol. The number of fused-ring (bicyclic) bond motifs is 1. The lowest BCUT2D eigenvalue weighted by Crippen LogP contribution is -2.47. The first-order valence-electron chi connectivity index (χ1n) is 11.2. The first kappa shape index (κ1) is 19.0. The molecule has 3 aliphatic carbocycles. The number of hydrogen-bond donors (Lipinski definition) is 0. The number of hydrogen-bond acceptors (Lipinski definition) is 0. The molecule has 0 bridgehead atoms. The quantitative estimate of drug-likeness (QED) is 0.464. The van der Waals surface area contributed by atoms with Crippen molar-refractivity contribution in [3.8, 4) is 0 Å². The molecule has 0 aliphatic heterocycles. The first-order chi connectivity index (χ1) is 11.2. The molecule has 0 radical (unpaired) electrons. The van der Waals surface area contributed by atoms with Crippen LogP contribution in [0.3, 0.4) is 0 Å². The minimum atomic E-state index is -1.28. The third-order valence-corrected chi connectivity index (χ3v) is 15.0. The molecule has 8 atom stereocenters. The Balaban J connectivity index is 1.94. The summed E-state index contributed by atoms with van der Waals surface area (Å²) in [5, 5.41) is 0. The predicted octanol–water partition coefficient (Wildman–Crippen LogP) is 7.48. The monoisotopic (exact) mass is 348 g/mol. The molecule has 0 heterocycles. The molecule has 3 aliphatic rings. The van der Waals surface area contributed by atoms with Gasteiger partial charge in [0.15, 0.2) is 0 Å². The molecule has 0 amide bonds. The van der Waals surface area contributed by atoms with Crippen molar-refractivity contribution in [1.29, 1.82) is 0 Å². The Morgan fingerprint density at radius 2 is 1.29 bits per heavy atom. The molecule has 0 nitrogen and oxygen atoms in total. The second-order valence-electron chi connectivity index (χ2n) is 11.2. The Bertz CT molecular complexity index is 423. The zero-order chi connectivity index (χ0) is 17.8. The van der Waals surface area contributed by atoms with E-state index < -0.39 is 8.07 Å². The summed E-state index contributed by atoms with van der Waals surface area (Å²) in [5.41, 5.74) is 2.16. The van der Waals surface area contributed by atoms with E-state index in [0.29, 0.717) is 0 Å². The summed E-state index contributed by atoms with van der Waals surface area (Å²) >= 11 is 0. The summed E-state index contributed by atoms with van der Waals surface area (Å²) in [6.45, 7) is 21.0. The van der Waals surface area contributed by atoms with Gasteiger partial charge in [-0.05, 0) is 64.8 Å². The van der Waals surface area contributed by atoms with Gasteiger partial charge in [-0.1, -0.05) is 80.3 Å². The molecule has 24 heavy (non-hydrogen) atoms. The third-order valence-electron chi connectivity index (χ3n) is 9.66. The first-order valence-corrected chi connectivity index (χ1v) is 14.3. The minimum Gasteiger partial charge on any atom is -0.0689 e. The lowest BCUT2D eigenvalue weighted by Gasteiger charge is -2.47. The summed E-state index contributed by atoms with van der Waals surface area (Å²) in [6, 6.07) is 0. The maximum absolute atomic E-state index is 2.83. The van der Waals surface area contributed by atoms with Gasteiger partial charge in [0.1, 0.15) is 0 Å². The maximum Gasteiger partial charge on any atom is 0.0547 e. The van der Waals surface area contributed by atoms with Crippen LogP contribution in [-0.4, -0.2) is 8.07 Å². The van der Waals surface area contributed by atoms with Gasteiger partial charge in [0.25, 0.3) is 0 Å². The average Bonchev–Trinajstić information content (AvgIpc) is 3.01. The normalized spacial score (nSPS) is 49.6. The molecule has 3 rings (SSSR count). The fraction of sp³-hybridized carbons (Fsp3) is 1.00. The van der Waals surface area contributed by atoms with Crippen molar-refractivity contribution < 1.29 is 0 Å². The molecule has 0 aromatic heterocycles. The van der Waals surface area contributed by atoms with Gasteiger partial charge in [0.2, 0.25) is 0 Å². The second kappa shape index (κ2) is 6.75. The minimum absolute atomic E-state index is 0.897. The molecule has 1 heteroatoms. The van der Waals surface area contributed by atoms with Crippen LogP contribution in [0.15, 0.2) is 0 Å². The summed E-state index contributed by atoms with van der Waals surface area (Å²) < 4.78 is 0. The van der Waals surface area contributed by atoms with Gasteiger partial charge in [0, 0.05) is 0 Å².